The maximum Gasteiger partial charge on any atom is 0.319 e. The molecular weight excluding hydrogens is 394 g/mol. The fourth-order valence-corrected chi connectivity index (χ4v) is 5.09. The minimum atomic E-state index is -0.0895. The van der Waals surface area contributed by atoms with Crippen LogP contribution in [0.5, 0.6) is 0 Å². The van der Waals surface area contributed by atoms with Crippen LogP contribution in [0.1, 0.15) is 43.2 Å². The third-order valence-electron chi connectivity index (χ3n) is 6.66. The lowest BCUT2D eigenvalue weighted by molar-refractivity contribution is 0.119. The van der Waals surface area contributed by atoms with Gasteiger partial charge in [-0.25, -0.2) is 4.79 Å². The molecule has 5 heteroatoms. The van der Waals surface area contributed by atoms with Crippen molar-refractivity contribution in [1.29, 1.82) is 0 Å². The Morgan fingerprint density at radius 2 is 1.70 bits per heavy atom. The molecule has 4 rings (SSSR count). The number of hydrogen-bond donors (Lipinski definition) is 2. The van der Waals surface area contributed by atoms with Crippen LogP contribution in [0.4, 0.5) is 10.5 Å². The molecule has 2 aromatic carbocycles. The van der Waals surface area contributed by atoms with E-state index in [1.165, 1.54) is 36.8 Å². The van der Waals surface area contributed by atoms with Crippen LogP contribution in [0.2, 0.25) is 5.02 Å². The first-order valence-electron chi connectivity index (χ1n) is 11.2. The summed E-state index contributed by atoms with van der Waals surface area (Å²) < 4.78 is 0. The number of halogens is 1. The highest BCUT2D eigenvalue weighted by Crippen LogP contribution is 2.30. The number of nitrogens with one attached hydrogen (secondary N) is 2. The lowest BCUT2D eigenvalue weighted by Crippen LogP contribution is -2.52. The van der Waals surface area contributed by atoms with E-state index in [0.29, 0.717) is 6.04 Å². The summed E-state index contributed by atoms with van der Waals surface area (Å²) in [7, 11) is 0. The molecule has 30 heavy (non-hydrogen) atoms. The van der Waals surface area contributed by atoms with Crippen LogP contribution < -0.4 is 10.6 Å². The average molecular weight is 426 g/mol. The molecule has 2 aliphatic rings. The summed E-state index contributed by atoms with van der Waals surface area (Å²) in [5, 5.41) is 7.03. The predicted molar refractivity (Wildman–Crippen MR) is 124 cm³/mol. The van der Waals surface area contributed by atoms with Gasteiger partial charge in [0, 0.05) is 22.8 Å². The van der Waals surface area contributed by atoms with Gasteiger partial charge in [0.05, 0.1) is 0 Å². The molecule has 1 aliphatic heterocycles. The van der Waals surface area contributed by atoms with Gasteiger partial charge >= 0.3 is 6.03 Å². The van der Waals surface area contributed by atoms with Gasteiger partial charge in [0.25, 0.3) is 0 Å². The summed E-state index contributed by atoms with van der Waals surface area (Å²) in [6.07, 6.45) is 7.01. The van der Waals surface area contributed by atoms with Crippen LogP contribution in [0.3, 0.4) is 0 Å². The van der Waals surface area contributed by atoms with Gasteiger partial charge in [-0.3, -0.25) is 4.90 Å². The van der Waals surface area contributed by atoms with Crippen molar-refractivity contribution in [3.63, 3.8) is 0 Å². The quantitative estimate of drug-likeness (QED) is 0.650. The fraction of sp³-hybridized carbons (Fsp3) is 0.480. The summed E-state index contributed by atoms with van der Waals surface area (Å²) in [5.74, 6) is 0.736. The van der Waals surface area contributed by atoms with Crippen molar-refractivity contribution in [2.45, 2.75) is 57.5 Å². The Labute approximate surface area is 185 Å². The Morgan fingerprint density at radius 3 is 2.40 bits per heavy atom. The molecule has 1 saturated heterocycles. The molecule has 0 aromatic heterocycles. The molecular formula is C25H32ClN3O. The molecule has 160 valence electrons. The third-order valence-corrected chi connectivity index (χ3v) is 6.91. The molecule has 4 nitrogen and oxygen atoms in total. The number of likely N-dealkylation sites (tertiary alicyclic amines) is 1. The predicted octanol–water partition coefficient (Wildman–Crippen LogP) is 5.65. The number of hydrogen-bond acceptors (Lipinski definition) is 2. The van der Waals surface area contributed by atoms with Crippen molar-refractivity contribution in [3.8, 4) is 0 Å². The monoisotopic (exact) mass is 425 g/mol. The van der Waals surface area contributed by atoms with Gasteiger partial charge < -0.3 is 10.6 Å². The van der Waals surface area contributed by atoms with Gasteiger partial charge in [0.15, 0.2) is 0 Å². The number of anilines is 1. The molecule has 2 N–H and O–H groups in total. The normalized spacial score (nSPS) is 22.7. The number of piperidine rings is 1. The summed E-state index contributed by atoms with van der Waals surface area (Å²) in [6.45, 7) is 4.30. The second-order valence-corrected chi connectivity index (χ2v) is 9.32. The maximum absolute atomic E-state index is 12.5. The molecule has 1 heterocycles. The average Bonchev–Trinajstić information content (AvgIpc) is 3.20. The molecule has 0 unspecified atom stereocenters. The summed E-state index contributed by atoms with van der Waals surface area (Å²) in [4.78, 5) is 15.1. The Bertz CT molecular complexity index is 828. The van der Waals surface area contributed by atoms with E-state index >= 15 is 0 Å². The van der Waals surface area contributed by atoms with Gasteiger partial charge in [-0.2, -0.15) is 0 Å². The Morgan fingerprint density at radius 1 is 1.00 bits per heavy atom. The van der Waals surface area contributed by atoms with Crippen molar-refractivity contribution in [2.24, 2.45) is 5.92 Å². The number of carbonyl (C=O) groups is 1. The van der Waals surface area contributed by atoms with E-state index in [1.54, 1.807) is 0 Å². The molecule has 0 spiro atoms. The summed E-state index contributed by atoms with van der Waals surface area (Å²) in [5.41, 5.74) is 3.41. The van der Waals surface area contributed by atoms with Crippen molar-refractivity contribution < 1.29 is 4.79 Å². The maximum atomic E-state index is 12.5. The highest BCUT2D eigenvalue weighted by molar-refractivity contribution is 6.30. The van der Waals surface area contributed by atoms with Crippen LogP contribution in [0.25, 0.3) is 0 Å². The lowest BCUT2D eigenvalue weighted by atomic mass is 9.89. The van der Waals surface area contributed by atoms with E-state index in [9.17, 15) is 4.79 Å². The van der Waals surface area contributed by atoms with Gasteiger partial charge in [0.1, 0.15) is 0 Å². The number of nitrogens with zero attached hydrogens (tertiary/aromatic N) is 1. The molecule has 2 atom stereocenters. The smallest absolute Gasteiger partial charge is 0.319 e. The second kappa shape index (κ2) is 9.84. The number of urea groups is 1. The fourth-order valence-electron chi connectivity index (χ4n) is 4.96. The third kappa shape index (κ3) is 5.55. The number of rotatable bonds is 5. The Hall–Kier alpha value is -2.04. The van der Waals surface area contributed by atoms with Gasteiger partial charge in [-0.1, -0.05) is 41.4 Å². The van der Waals surface area contributed by atoms with Crippen LogP contribution >= 0.6 is 11.6 Å². The van der Waals surface area contributed by atoms with Crippen LogP contribution in [-0.2, 0) is 6.42 Å². The SMILES string of the molecule is Cc1ccc(NC(=O)N[C@@H]2CCC[C@H]2N2CCC(Cc3ccc(Cl)cc3)CC2)cc1. The minimum absolute atomic E-state index is 0.0895. The zero-order chi connectivity index (χ0) is 20.9. The first-order valence-corrected chi connectivity index (χ1v) is 11.6. The van der Waals surface area contributed by atoms with E-state index in [-0.39, 0.29) is 12.1 Å². The van der Waals surface area contributed by atoms with Crippen molar-refractivity contribution in [1.82, 2.24) is 10.2 Å². The van der Waals surface area contributed by atoms with Crippen molar-refractivity contribution >= 4 is 23.3 Å². The van der Waals surface area contributed by atoms with Crippen LogP contribution in [0, 0.1) is 12.8 Å². The molecule has 2 amide bonds. The van der Waals surface area contributed by atoms with E-state index in [1.807, 2.05) is 43.3 Å². The standard InChI is InChI=1S/C25H32ClN3O/c1-18-5-11-22(12-6-18)27-25(30)28-23-3-2-4-24(23)29-15-13-20(14-16-29)17-19-7-9-21(26)10-8-19/h5-12,20,23-24H,2-4,13-17H2,1H3,(H2,27,28,30)/t23-,24-/m1/s1. The van der Waals surface area contributed by atoms with Crippen molar-refractivity contribution in [2.75, 3.05) is 18.4 Å². The van der Waals surface area contributed by atoms with E-state index in [2.05, 4.69) is 27.7 Å². The number of amides is 2. The molecule has 0 radical (unpaired) electrons. The lowest BCUT2D eigenvalue weighted by Gasteiger charge is -2.38. The van der Waals surface area contributed by atoms with Gasteiger partial charge in [0.2, 0.25) is 0 Å². The topological polar surface area (TPSA) is 44.4 Å². The molecule has 2 fully saturated rings. The van der Waals surface area contributed by atoms with Crippen LogP contribution in [-0.4, -0.2) is 36.1 Å². The number of benzene rings is 2. The van der Waals surface area contributed by atoms with E-state index in [4.69, 9.17) is 11.6 Å². The van der Waals surface area contributed by atoms with Crippen molar-refractivity contribution in [3.05, 3.63) is 64.7 Å². The second-order valence-electron chi connectivity index (χ2n) is 8.88. The number of aryl methyl sites for hydroxylation is 1. The molecule has 0 bridgehead atoms. The minimum Gasteiger partial charge on any atom is -0.334 e. The highest BCUT2D eigenvalue weighted by atomic mass is 35.5. The number of carbonyl (C=O) groups excluding carboxylic acids is 1. The highest BCUT2D eigenvalue weighted by Gasteiger charge is 2.35. The van der Waals surface area contributed by atoms with Crippen LogP contribution in [0.15, 0.2) is 48.5 Å². The molecule has 2 aromatic rings. The zero-order valence-corrected chi connectivity index (χ0v) is 18.5. The van der Waals surface area contributed by atoms with E-state index < -0.39 is 0 Å². The zero-order valence-electron chi connectivity index (χ0n) is 17.7. The molecule has 1 saturated carbocycles. The Balaban J connectivity index is 1.26. The largest absolute Gasteiger partial charge is 0.334 e. The summed E-state index contributed by atoms with van der Waals surface area (Å²) in [6, 6.07) is 16.8. The first-order chi connectivity index (χ1) is 14.6. The van der Waals surface area contributed by atoms with E-state index in [0.717, 1.165) is 42.6 Å². The first kappa shape index (κ1) is 21.2. The molecule has 1 aliphatic carbocycles. The Kier molecular flexibility index (Phi) is 6.96. The van der Waals surface area contributed by atoms with Gasteiger partial charge in [-0.05, 0) is 94.3 Å². The summed E-state index contributed by atoms with van der Waals surface area (Å²) >= 11 is 6.01. The van der Waals surface area contributed by atoms with Gasteiger partial charge in [-0.15, -0.1) is 0 Å².